The Balaban J connectivity index is 1.96. The minimum atomic E-state index is -0.305. The Kier molecular flexibility index (Phi) is 4.65. The largest absolute Gasteiger partial charge is 0.479 e. The van der Waals surface area contributed by atoms with Crippen LogP contribution in [0.3, 0.4) is 0 Å². The minimum absolute atomic E-state index is 0.143. The number of methoxy groups -OCH3 is 1. The first-order valence-electron chi connectivity index (χ1n) is 8.18. The van der Waals surface area contributed by atoms with E-state index in [1.165, 1.54) is 7.11 Å². The predicted molar refractivity (Wildman–Crippen MR) is 97.9 cm³/mol. The van der Waals surface area contributed by atoms with E-state index in [1.54, 1.807) is 0 Å². The van der Waals surface area contributed by atoms with Crippen LogP contribution in [0.5, 0.6) is 5.88 Å². The van der Waals surface area contributed by atoms with Gasteiger partial charge in [-0.1, -0.05) is 30.3 Å². The SMILES string of the molecule is COc1nc2cc(C)c(C)cc2nc1C(=O)N[C@H](C)c1ccccc1. The third-order valence-electron chi connectivity index (χ3n) is 4.30. The highest BCUT2D eigenvalue weighted by molar-refractivity contribution is 5.96. The van der Waals surface area contributed by atoms with Crippen LogP contribution in [0.15, 0.2) is 42.5 Å². The zero-order chi connectivity index (χ0) is 18.0. The topological polar surface area (TPSA) is 64.1 Å². The van der Waals surface area contributed by atoms with E-state index < -0.39 is 0 Å². The van der Waals surface area contributed by atoms with Crippen LogP contribution in [-0.4, -0.2) is 23.0 Å². The fourth-order valence-electron chi connectivity index (χ4n) is 2.68. The molecule has 0 spiro atoms. The number of nitrogens with one attached hydrogen (secondary N) is 1. The molecule has 0 unspecified atom stereocenters. The number of fused-ring (bicyclic) bond motifs is 1. The molecule has 0 aliphatic carbocycles. The molecular weight excluding hydrogens is 314 g/mol. The molecule has 0 aliphatic rings. The molecule has 5 nitrogen and oxygen atoms in total. The van der Waals surface area contributed by atoms with Crippen molar-refractivity contribution in [2.75, 3.05) is 7.11 Å². The Morgan fingerprint density at radius 1 is 1.04 bits per heavy atom. The number of carbonyl (C=O) groups excluding carboxylic acids is 1. The maximum atomic E-state index is 12.7. The van der Waals surface area contributed by atoms with Gasteiger partial charge in [0.05, 0.1) is 24.2 Å². The first-order chi connectivity index (χ1) is 12.0. The second-order valence-electron chi connectivity index (χ2n) is 6.11. The van der Waals surface area contributed by atoms with Gasteiger partial charge in [0.25, 0.3) is 5.91 Å². The fraction of sp³-hybridized carbons (Fsp3) is 0.250. The lowest BCUT2D eigenvalue weighted by Crippen LogP contribution is -2.28. The lowest BCUT2D eigenvalue weighted by Gasteiger charge is -2.15. The van der Waals surface area contributed by atoms with Gasteiger partial charge in [0, 0.05) is 0 Å². The fourth-order valence-corrected chi connectivity index (χ4v) is 2.68. The average molecular weight is 335 g/mol. The summed E-state index contributed by atoms with van der Waals surface area (Å²) < 4.78 is 5.30. The summed E-state index contributed by atoms with van der Waals surface area (Å²) in [6.07, 6.45) is 0. The van der Waals surface area contributed by atoms with E-state index in [-0.39, 0.29) is 23.5 Å². The number of ether oxygens (including phenoxy) is 1. The maximum absolute atomic E-state index is 12.7. The highest BCUT2D eigenvalue weighted by Gasteiger charge is 2.20. The minimum Gasteiger partial charge on any atom is -0.479 e. The normalized spacial score (nSPS) is 12.0. The monoisotopic (exact) mass is 335 g/mol. The summed E-state index contributed by atoms with van der Waals surface area (Å²) >= 11 is 0. The average Bonchev–Trinajstić information content (AvgIpc) is 2.62. The molecule has 3 aromatic rings. The number of hydrogen-bond acceptors (Lipinski definition) is 4. The summed E-state index contributed by atoms with van der Waals surface area (Å²) in [5.74, 6) is -0.0747. The van der Waals surface area contributed by atoms with E-state index >= 15 is 0 Å². The smallest absolute Gasteiger partial charge is 0.276 e. The number of rotatable bonds is 4. The summed E-state index contributed by atoms with van der Waals surface area (Å²) in [6, 6.07) is 13.5. The Labute approximate surface area is 147 Å². The van der Waals surface area contributed by atoms with Crippen molar-refractivity contribution >= 4 is 16.9 Å². The molecule has 2 aromatic carbocycles. The van der Waals surface area contributed by atoms with Crippen molar-refractivity contribution in [1.29, 1.82) is 0 Å². The molecule has 0 saturated carbocycles. The van der Waals surface area contributed by atoms with Gasteiger partial charge in [-0.05, 0) is 49.6 Å². The van der Waals surface area contributed by atoms with Crippen molar-refractivity contribution in [2.45, 2.75) is 26.8 Å². The molecule has 0 fully saturated rings. The van der Waals surface area contributed by atoms with Gasteiger partial charge in [0.15, 0.2) is 5.69 Å². The predicted octanol–water partition coefficient (Wildman–Crippen LogP) is 3.75. The Morgan fingerprint density at radius 2 is 1.64 bits per heavy atom. The number of carbonyl (C=O) groups is 1. The number of amides is 1. The molecule has 1 atom stereocenters. The molecule has 0 bridgehead atoms. The van der Waals surface area contributed by atoms with Crippen LogP contribution in [0.2, 0.25) is 0 Å². The van der Waals surface area contributed by atoms with Crippen LogP contribution < -0.4 is 10.1 Å². The second-order valence-corrected chi connectivity index (χ2v) is 6.11. The van der Waals surface area contributed by atoms with Crippen molar-refractivity contribution in [2.24, 2.45) is 0 Å². The third kappa shape index (κ3) is 3.45. The number of aromatic nitrogens is 2. The Morgan fingerprint density at radius 3 is 2.24 bits per heavy atom. The highest BCUT2D eigenvalue weighted by Crippen LogP contribution is 2.22. The zero-order valence-electron chi connectivity index (χ0n) is 14.8. The first kappa shape index (κ1) is 16.9. The van der Waals surface area contributed by atoms with Crippen molar-refractivity contribution in [1.82, 2.24) is 15.3 Å². The molecule has 0 saturated heterocycles. The van der Waals surface area contributed by atoms with Crippen molar-refractivity contribution in [3.05, 3.63) is 64.8 Å². The molecule has 3 rings (SSSR count). The lowest BCUT2D eigenvalue weighted by molar-refractivity contribution is 0.0931. The van der Waals surface area contributed by atoms with Gasteiger partial charge in [-0.25, -0.2) is 9.97 Å². The van der Waals surface area contributed by atoms with E-state index in [0.717, 1.165) is 16.7 Å². The van der Waals surface area contributed by atoms with Crippen LogP contribution in [0, 0.1) is 13.8 Å². The molecule has 0 radical (unpaired) electrons. The van der Waals surface area contributed by atoms with Gasteiger partial charge >= 0.3 is 0 Å². The summed E-state index contributed by atoms with van der Waals surface area (Å²) in [5, 5.41) is 2.96. The Bertz CT molecular complexity index is 923. The maximum Gasteiger partial charge on any atom is 0.276 e. The van der Waals surface area contributed by atoms with Gasteiger partial charge in [-0.15, -0.1) is 0 Å². The Hall–Kier alpha value is -2.95. The quantitative estimate of drug-likeness (QED) is 0.789. The van der Waals surface area contributed by atoms with Crippen LogP contribution in [0.4, 0.5) is 0 Å². The van der Waals surface area contributed by atoms with E-state index in [4.69, 9.17) is 4.74 Å². The van der Waals surface area contributed by atoms with Crippen molar-refractivity contribution < 1.29 is 9.53 Å². The molecule has 1 heterocycles. The summed E-state index contributed by atoms with van der Waals surface area (Å²) in [7, 11) is 1.49. The van der Waals surface area contributed by atoms with Gasteiger partial charge in [-0.2, -0.15) is 0 Å². The van der Waals surface area contributed by atoms with E-state index in [0.29, 0.717) is 11.0 Å². The third-order valence-corrected chi connectivity index (χ3v) is 4.30. The summed E-state index contributed by atoms with van der Waals surface area (Å²) in [5.41, 5.74) is 4.85. The second kappa shape index (κ2) is 6.89. The van der Waals surface area contributed by atoms with Crippen molar-refractivity contribution in [3.63, 3.8) is 0 Å². The van der Waals surface area contributed by atoms with Crippen molar-refractivity contribution in [3.8, 4) is 5.88 Å². The molecule has 1 amide bonds. The van der Waals surface area contributed by atoms with Gasteiger partial charge < -0.3 is 10.1 Å². The number of hydrogen-bond donors (Lipinski definition) is 1. The molecule has 128 valence electrons. The van der Waals surface area contributed by atoms with Crippen LogP contribution in [0.1, 0.15) is 40.1 Å². The number of nitrogens with zero attached hydrogens (tertiary/aromatic N) is 2. The highest BCUT2D eigenvalue weighted by atomic mass is 16.5. The molecule has 25 heavy (non-hydrogen) atoms. The summed E-state index contributed by atoms with van der Waals surface area (Å²) in [4.78, 5) is 21.7. The van der Waals surface area contributed by atoms with Gasteiger partial charge in [0.2, 0.25) is 5.88 Å². The number of benzene rings is 2. The van der Waals surface area contributed by atoms with E-state index in [2.05, 4.69) is 15.3 Å². The molecular formula is C20H21N3O2. The van der Waals surface area contributed by atoms with Crippen LogP contribution >= 0.6 is 0 Å². The molecule has 1 aromatic heterocycles. The van der Waals surface area contributed by atoms with E-state index in [1.807, 2.05) is 63.2 Å². The van der Waals surface area contributed by atoms with Gasteiger partial charge in [-0.3, -0.25) is 4.79 Å². The van der Waals surface area contributed by atoms with Crippen LogP contribution in [0.25, 0.3) is 11.0 Å². The first-order valence-corrected chi connectivity index (χ1v) is 8.18. The summed E-state index contributed by atoms with van der Waals surface area (Å²) in [6.45, 7) is 5.96. The number of aryl methyl sites for hydroxylation is 2. The lowest BCUT2D eigenvalue weighted by atomic mass is 10.1. The zero-order valence-corrected chi connectivity index (χ0v) is 14.8. The molecule has 5 heteroatoms. The van der Waals surface area contributed by atoms with Crippen LogP contribution in [-0.2, 0) is 0 Å². The molecule has 1 N–H and O–H groups in total. The van der Waals surface area contributed by atoms with E-state index in [9.17, 15) is 4.79 Å². The molecule has 0 aliphatic heterocycles. The standard InChI is InChI=1S/C20H21N3O2/c1-12-10-16-17(11-13(12)2)23-20(25-4)18(22-16)19(24)21-14(3)15-8-6-5-7-9-15/h5-11,14H,1-4H3,(H,21,24)/t14-/m1/s1. The van der Waals surface area contributed by atoms with Gasteiger partial charge in [0.1, 0.15) is 0 Å².